The van der Waals surface area contributed by atoms with Crippen molar-refractivity contribution in [3.05, 3.63) is 30.5 Å². The van der Waals surface area contributed by atoms with Gasteiger partial charge in [-0.2, -0.15) is 9.97 Å². The third-order valence-electron chi connectivity index (χ3n) is 8.50. The summed E-state index contributed by atoms with van der Waals surface area (Å²) in [5.74, 6) is 1.08. The van der Waals surface area contributed by atoms with E-state index in [1.807, 2.05) is 16.7 Å². The molecule has 4 rings (SSSR count). The summed E-state index contributed by atoms with van der Waals surface area (Å²) < 4.78 is 33.4. The van der Waals surface area contributed by atoms with Crippen molar-refractivity contribution in [3.63, 3.8) is 0 Å². The van der Waals surface area contributed by atoms with Gasteiger partial charge in [0, 0.05) is 6.42 Å². The lowest BCUT2D eigenvalue weighted by Crippen LogP contribution is -2.48. The van der Waals surface area contributed by atoms with Crippen molar-refractivity contribution in [1.82, 2.24) is 19.5 Å². The maximum absolute atomic E-state index is 6.92. The van der Waals surface area contributed by atoms with E-state index in [0.717, 1.165) is 0 Å². The van der Waals surface area contributed by atoms with Gasteiger partial charge in [-0.25, -0.2) is 4.98 Å². The van der Waals surface area contributed by atoms with Gasteiger partial charge in [0.1, 0.15) is 24.7 Å². The van der Waals surface area contributed by atoms with Gasteiger partial charge in [0.2, 0.25) is 11.8 Å². The minimum absolute atomic E-state index is 0.0690. The number of rotatable bonds is 9. The zero-order valence-electron chi connectivity index (χ0n) is 25.1. The van der Waals surface area contributed by atoms with Gasteiger partial charge in [0.25, 0.3) is 0 Å². The molecule has 1 aliphatic rings. The monoisotopic (exact) mass is 575 g/mol. The summed E-state index contributed by atoms with van der Waals surface area (Å²) in [6.45, 7) is 23.2. The maximum Gasteiger partial charge on any atom is 0.247 e. The van der Waals surface area contributed by atoms with Gasteiger partial charge in [0.15, 0.2) is 27.8 Å². The van der Waals surface area contributed by atoms with E-state index in [0.29, 0.717) is 35.8 Å². The summed E-state index contributed by atoms with van der Waals surface area (Å²) in [4.78, 5) is 13.3. The molecule has 1 aliphatic heterocycles. The number of ether oxygens (including phenoxy) is 2. The standard InChI is InChI=1S/C27H45N5O5Si2/c1-26(2,3)38(7,8)35-16-20-19(37-39(9,10)27(4,5)6)14-21(36-20)32-17-29-22-23(32)30-25(28)31-24(22)34-15-18-12-11-13-33-18/h11-13,17,19-21H,14-16H2,1-10H3,(H2,28,30,31)/t19-,20+,21+/m0/s1. The van der Waals surface area contributed by atoms with Crippen LogP contribution in [0.2, 0.25) is 36.3 Å². The Morgan fingerprint density at radius 1 is 1.05 bits per heavy atom. The summed E-state index contributed by atoms with van der Waals surface area (Å²) in [6.07, 6.45) is 3.28. The fourth-order valence-electron chi connectivity index (χ4n) is 3.96. The molecule has 3 aromatic heterocycles. The van der Waals surface area contributed by atoms with Gasteiger partial charge in [-0.1, -0.05) is 41.5 Å². The van der Waals surface area contributed by atoms with Crippen LogP contribution in [0.1, 0.15) is 60.0 Å². The Balaban J connectivity index is 1.61. The Kier molecular flexibility index (Phi) is 8.09. The first kappa shape index (κ1) is 29.7. The molecule has 0 aliphatic carbocycles. The molecule has 3 atom stereocenters. The number of fused-ring (bicyclic) bond motifs is 1. The molecule has 1 saturated heterocycles. The number of furan rings is 1. The molecule has 4 heterocycles. The van der Waals surface area contributed by atoms with E-state index in [2.05, 4.69) is 82.7 Å². The summed E-state index contributed by atoms with van der Waals surface area (Å²) in [7, 11) is -4.05. The summed E-state index contributed by atoms with van der Waals surface area (Å²) in [6, 6.07) is 3.64. The topological polar surface area (TPSA) is 120 Å². The van der Waals surface area contributed by atoms with Crippen molar-refractivity contribution >= 4 is 33.7 Å². The molecule has 2 N–H and O–H groups in total. The number of nitrogens with zero attached hydrogens (tertiary/aromatic N) is 4. The van der Waals surface area contributed by atoms with Gasteiger partial charge < -0.3 is 28.5 Å². The summed E-state index contributed by atoms with van der Waals surface area (Å²) >= 11 is 0. The highest BCUT2D eigenvalue weighted by molar-refractivity contribution is 6.74. The van der Waals surface area contributed by atoms with Gasteiger partial charge in [-0.05, 0) is 48.4 Å². The predicted octanol–water partition coefficient (Wildman–Crippen LogP) is 6.28. The highest BCUT2D eigenvalue weighted by Gasteiger charge is 2.47. The van der Waals surface area contributed by atoms with E-state index >= 15 is 0 Å². The van der Waals surface area contributed by atoms with E-state index in [1.165, 1.54) is 0 Å². The lowest BCUT2D eigenvalue weighted by atomic mass is 10.2. The Hall–Kier alpha value is -2.26. The number of nitrogen functional groups attached to an aromatic ring is 1. The second-order valence-corrected chi connectivity index (χ2v) is 23.0. The zero-order chi connectivity index (χ0) is 28.8. The minimum atomic E-state index is -2.07. The molecule has 1 fully saturated rings. The van der Waals surface area contributed by atoms with Gasteiger partial charge in [-0.15, -0.1) is 0 Å². The maximum atomic E-state index is 6.92. The van der Waals surface area contributed by atoms with Crippen molar-refractivity contribution in [3.8, 4) is 5.88 Å². The van der Waals surface area contributed by atoms with Crippen LogP contribution in [0.25, 0.3) is 11.2 Å². The van der Waals surface area contributed by atoms with Crippen molar-refractivity contribution in [2.24, 2.45) is 0 Å². The minimum Gasteiger partial charge on any atom is -0.468 e. The molecule has 39 heavy (non-hydrogen) atoms. The number of anilines is 1. The van der Waals surface area contributed by atoms with Crippen molar-refractivity contribution < 1.29 is 22.7 Å². The first-order valence-corrected chi connectivity index (χ1v) is 19.4. The Morgan fingerprint density at radius 3 is 2.36 bits per heavy atom. The van der Waals surface area contributed by atoms with Crippen LogP contribution in [-0.4, -0.2) is 55.0 Å². The Labute approximate surface area is 233 Å². The number of hydrogen-bond donors (Lipinski definition) is 1. The molecule has 0 bridgehead atoms. The third-order valence-corrected chi connectivity index (χ3v) is 17.5. The highest BCUT2D eigenvalue weighted by atomic mass is 28.4. The molecule has 0 spiro atoms. The predicted molar refractivity (Wildman–Crippen MR) is 157 cm³/mol. The SMILES string of the molecule is CC(C)(C)[Si](C)(C)OC[C@H]1O[C@@H](n2cnc3c(OCc4ccco4)nc(N)nc32)C[C@@H]1O[Si](C)(C)C(C)(C)C. The van der Waals surface area contributed by atoms with E-state index < -0.39 is 16.6 Å². The number of imidazole rings is 1. The quantitative estimate of drug-likeness (QED) is 0.294. The fourth-order valence-corrected chi connectivity index (χ4v) is 6.33. The smallest absolute Gasteiger partial charge is 0.247 e. The van der Waals surface area contributed by atoms with Gasteiger partial charge >= 0.3 is 0 Å². The average molecular weight is 576 g/mol. The van der Waals surface area contributed by atoms with E-state index in [-0.39, 0.29) is 41.1 Å². The molecule has 3 aromatic rings. The van der Waals surface area contributed by atoms with E-state index in [1.54, 1.807) is 12.6 Å². The molecule has 12 heteroatoms. The normalized spacial score (nSPS) is 21.1. The molecule has 0 radical (unpaired) electrons. The number of hydrogen-bond acceptors (Lipinski definition) is 9. The van der Waals surface area contributed by atoms with Crippen LogP contribution in [0.4, 0.5) is 5.95 Å². The van der Waals surface area contributed by atoms with Gasteiger partial charge in [-0.3, -0.25) is 4.57 Å². The largest absolute Gasteiger partial charge is 0.468 e. The van der Waals surface area contributed by atoms with Crippen LogP contribution in [0.3, 0.4) is 0 Å². The summed E-state index contributed by atoms with van der Waals surface area (Å²) in [5.41, 5.74) is 7.15. The van der Waals surface area contributed by atoms with Crippen molar-refractivity contribution in [2.75, 3.05) is 12.3 Å². The molecule has 0 amide bonds. The van der Waals surface area contributed by atoms with E-state index in [4.69, 9.17) is 28.5 Å². The molecule has 216 valence electrons. The second kappa shape index (κ2) is 10.6. The first-order valence-electron chi connectivity index (χ1n) is 13.6. The molecular weight excluding hydrogens is 530 g/mol. The highest BCUT2D eigenvalue weighted by Crippen LogP contribution is 2.43. The van der Waals surface area contributed by atoms with Crippen LogP contribution in [0.5, 0.6) is 5.88 Å². The van der Waals surface area contributed by atoms with Crippen LogP contribution in [0, 0.1) is 0 Å². The van der Waals surface area contributed by atoms with Crippen LogP contribution in [0.15, 0.2) is 29.1 Å². The van der Waals surface area contributed by atoms with E-state index in [9.17, 15) is 0 Å². The molecule has 10 nitrogen and oxygen atoms in total. The Bertz CT molecular complexity index is 1260. The third kappa shape index (κ3) is 6.40. The molecular formula is C27H45N5O5Si2. The first-order chi connectivity index (χ1) is 18.0. The number of nitrogens with two attached hydrogens (primary N) is 1. The zero-order valence-corrected chi connectivity index (χ0v) is 27.1. The number of aromatic nitrogens is 4. The summed E-state index contributed by atoms with van der Waals surface area (Å²) in [5, 5.41) is 0.168. The molecule has 0 aromatic carbocycles. The van der Waals surface area contributed by atoms with Crippen LogP contribution >= 0.6 is 0 Å². The lowest BCUT2D eigenvalue weighted by molar-refractivity contribution is -0.0383. The van der Waals surface area contributed by atoms with Crippen molar-refractivity contribution in [1.29, 1.82) is 0 Å². The average Bonchev–Trinajstić information content (AvgIpc) is 3.54. The lowest BCUT2D eigenvalue weighted by Gasteiger charge is -2.40. The van der Waals surface area contributed by atoms with Crippen LogP contribution < -0.4 is 10.5 Å². The molecule has 0 unspecified atom stereocenters. The van der Waals surface area contributed by atoms with Crippen LogP contribution in [-0.2, 0) is 20.2 Å². The molecule has 0 saturated carbocycles. The van der Waals surface area contributed by atoms with Crippen molar-refractivity contribution in [2.45, 2.75) is 109 Å². The second-order valence-electron chi connectivity index (χ2n) is 13.4. The fraction of sp³-hybridized carbons (Fsp3) is 0.667. The Morgan fingerprint density at radius 2 is 1.74 bits per heavy atom. The van der Waals surface area contributed by atoms with Gasteiger partial charge in [0.05, 0.1) is 25.3 Å².